The standard InChI is InChI=1S/C13H11N5O2/c1-8-2-4-9(5-3-8)11(19)6-10-12(20)18-7-14-16-13(18)17-15-10/h2-5,7,10H,6H2,1H3. The first-order valence-electron chi connectivity index (χ1n) is 6.10. The van der Waals surface area contributed by atoms with Crippen molar-refractivity contribution in [3.63, 3.8) is 0 Å². The van der Waals surface area contributed by atoms with Crippen LogP contribution in [0.1, 0.15) is 27.1 Å². The number of carbonyl (C=O) groups excluding carboxylic acids is 2. The number of benzene rings is 1. The van der Waals surface area contributed by atoms with Crippen molar-refractivity contribution in [3.05, 3.63) is 41.7 Å². The van der Waals surface area contributed by atoms with Crippen molar-refractivity contribution >= 4 is 17.6 Å². The van der Waals surface area contributed by atoms with E-state index in [1.165, 1.54) is 10.9 Å². The lowest BCUT2D eigenvalue weighted by atomic mass is 10.0. The molecule has 7 heteroatoms. The summed E-state index contributed by atoms with van der Waals surface area (Å²) in [6, 6.07) is 6.39. The van der Waals surface area contributed by atoms with Gasteiger partial charge >= 0.3 is 0 Å². The van der Waals surface area contributed by atoms with E-state index in [-0.39, 0.29) is 24.1 Å². The molecule has 1 aliphatic rings. The largest absolute Gasteiger partial charge is 0.294 e. The van der Waals surface area contributed by atoms with Crippen LogP contribution in [0.5, 0.6) is 0 Å². The smallest absolute Gasteiger partial charge is 0.276 e. The molecule has 1 atom stereocenters. The van der Waals surface area contributed by atoms with Crippen molar-refractivity contribution in [2.75, 3.05) is 0 Å². The number of Topliss-reactive ketones (excluding diaryl/α,β-unsaturated/α-hetero) is 1. The van der Waals surface area contributed by atoms with Gasteiger partial charge in [-0.3, -0.25) is 9.59 Å². The first-order valence-corrected chi connectivity index (χ1v) is 6.10. The van der Waals surface area contributed by atoms with Crippen molar-refractivity contribution in [2.24, 2.45) is 10.2 Å². The molecule has 0 bridgehead atoms. The zero-order chi connectivity index (χ0) is 14.1. The molecule has 1 aromatic heterocycles. The summed E-state index contributed by atoms with van der Waals surface area (Å²) in [5.41, 5.74) is 1.64. The lowest BCUT2D eigenvalue weighted by Gasteiger charge is -2.13. The van der Waals surface area contributed by atoms with Crippen LogP contribution in [-0.2, 0) is 0 Å². The second-order valence-electron chi connectivity index (χ2n) is 4.56. The molecule has 20 heavy (non-hydrogen) atoms. The Morgan fingerprint density at radius 3 is 2.80 bits per heavy atom. The third-order valence-corrected chi connectivity index (χ3v) is 3.09. The minimum atomic E-state index is -0.813. The average Bonchev–Trinajstić information content (AvgIpc) is 2.92. The highest BCUT2D eigenvalue weighted by molar-refractivity contribution is 6.00. The monoisotopic (exact) mass is 269 g/mol. The number of carbonyl (C=O) groups is 2. The number of fused-ring (bicyclic) bond motifs is 1. The lowest BCUT2D eigenvalue weighted by Crippen LogP contribution is -2.29. The molecule has 0 spiro atoms. The first-order chi connectivity index (χ1) is 9.65. The maximum Gasteiger partial charge on any atom is 0.276 e. The molecule has 0 saturated heterocycles. The van der Waals surface area contributed by atoms with E-state index in [0.29, 0.717) is 5.56 Å². The minimum Gasteiger partial charge on any atom is -0.294 e. The molecule has 0 radical (unpaired) electrons. The Balaban J connectivity index is 1.77. The van der Waals surface area contributed by atoms with Crippen LogP contribution in [-0.4, -0.2) is 32.5 Å². The summed E-state index contributed by atoms with van der Waals surface area (Å²) in [7, 11) is 0. The highest BCUT2D eigenvalue weighted by Gasteiger charge is 2.29. The van der Waals surface area contributed by atoms with Gasteiger partial charge in [-0.25, -0.2) is 4.57 Å². The number of azo groups is 1. The van der Waals surface area contributed by atoms with Crippen molar-refractivity contribution in [1.29, 1.82) is 0 Å². The number of aromatic nitrogens is 3. The summed E-state index contributed by atoms with van der Waals surface area (Å²) in [5, 5.41) is 14.8. The number of hydrogen-bond acceptors (Lipinski definition) is 6. The highest BCUT2D eigenvalue weighted by Crippen LogP contribution is 2.19. The van der Waals surface area contributed by atoms with Gasteiger partial charge in [0.05, 0.1) is 0 Å². The molecular weight excluding hydrogens is 258 g/mol. The van der Waals surface area contributed by atoms with Gasteiger partial charge in [0, 0.05) is 12.0 Å². The molecule has 3 rings (SSSR count). The summed E-state index contributed by atoms with van der Waals surface area (Å²) in [5.74, 6) is -0.326. The zero-order valence-corrected chi connectivity index (χ0v) is 10.7. The van der Waals surface area contributed by atoms with E-state index >= 15 is 0 Å². The molecule has 0 fully saturated rings. The van der Waals surface area contributed by atoms with Crippen LogP contribution in [0.4, 0.5) is 5.95 Å². The number of rotatable bonds is 3. The van der Waals surface area contributed by atoms with Gasteiger partial charge in [-0.05, 0) is 6.92 Å². The van der Waals surface area contributed by atoms with Crippen molar-refractivity contribution in [3.8, 4) is 0 Å². The summed E-state index contributed by atoms with van der Waals surface area (Å²) in [4.78, 5) is 24.2. The molecule has 0 saturated carbocycles. The topological polar surface area (TPSA) is 89.6 Å². The molecule has 0 N–H and O–H groups in total. The van der Waals surface area contributed by atoms with Gasteiger partial charge in [0.15, 0.2) is 11.8 Å². The Bertz CT molecular complexity index is 702. The van der Waals surface area contributed by atoms with Crippen molar-refractivity contribution in [2.45, 2.75) is 19.4 Å². The Labute approximate surface area is 114 Å². The van der Waals surface area contributed by atoms with E-state index in [1.54, 1.807) is 12.1 Å². The molecule has 2 heterocycles. The SMILES string of the molecule is Cc1ccc(C(=O)CC2N=Nc3nncn3C2=O)cc1. The quantitative estimate of drug-likeness (QED) is 0.796. The maximum atomic E-state index is 12.1. The molecule has 1 unspecified atom stereocenters. The highest BCUT2D eigenvalue weighted by atomic mass is 16.2. The van der Waals surface area contributed by atoms with E-state index in [1.807, 2.05) is 19.1 Å². The van der Waals surface area contributed by atoms with Gasteiger partial charge in [0.25, 0.3) is 11.9 Å². The second-order valence-corrected chi connectivity index (χ2v) is 4.56. The van der Waals surface area contributed by atoms with Gasteiger partial charge in [-0.2, -0.15) is 5.11 Å². The molecule has 2 aromatic rings. The van der Waals surface area contributed by atoms with Crippen LogP contribution >= 0.6 is 0 Å². The van der Waals surface area contributed by atoms with Crippen LogP contribution < -0.4 is 0 Å². The van der Waals surface area contributed by atoms with Crippen LogP contribution in [0.2, 0.25) is 0 Å². The molecule has 1 aliphatic heterocycles. The third kappa shape index (κ3) is 2.13. The van der Waals surface area contributed by atoms with E-state index in [0.717, 1.165) is 5.56 Å². The van der Waals surface area contributed by atoms with Crippen LogP contribution in [0, 0.1) is 6.92 Å². The minimum absolute atomic E-state index is 0.0109. The normalized spacial score (nSPS) is 17.1. The summed E-state index contributed by atoms with van der Waals surface area (Å²) in [6.07, 6.45) is 1.27. The Morgan fingerprint density at radius 1 is 1.30 bits per heavy atom. The number of aryl methyl sites for hydroxylation is 1. The molecule has 1 aromatic carbocycles. The summed E-state index contributed by atoms with van der Waals surface area (Å²) < 4.78 is 1.21. The lowest BCUT2D eigenvalue weighted by molar-refractivity contribution is 0.0829. The zero-order valence-electron chi connectivity index (χ0n) is 10.7. The van der Waals surface area contributed by atoms with E-state index in [2.05, 4.69) is 20.4 Å². The fraction of sp³-hybridized carbons (Fsp3) is 0.231. The molecule has 7 nitrogen and oxygen atoms in total. The number of nitrogens with zero attached hydrogens (tertiary/aromatic N) is 5. The predicted molar refractivity (Wildman–Crippen MR) is 69.1 cm³/mol. The van der Waals surface area contributed by atoms with Gasteiger partial charge in [0.1, 0.15) is 6.33 Å². The molecule has 0 aliphatic carbocycles. The van der Waals surface area contributed by atoms with Crippen molar-refractivity contribution in [1.82, 2.24) is 14.8 Å². The Morgan fingerprint density at radius 2 is 2.05 bits per heavy atom. The fourth-order valence-corrected chi connectivity index (χ4v) is 1.94. The van der Waals surface area contributed by atoms with E-state index in [4.69, 9.17) is 0 Å². The van der Waals surface area contributed by atoms with Gasteiger partial charge in [0.2, 0.25) is 0 Å². The third-order valence-electron chi connectivity index (χ3n) is 3.09. The molecule has 100 valence electrons. The maximum absolute atomic E-state index is 12.1. The van der Waals surface area contributed by atoms with Gasteiger partial charge in [-0.15, -0.1) is 15.3 Å². The van der Waals surface area contributed by atoms with Crippen molar-refractivity contribution < 1.29 is 9.59 Å². The van der Waals surface area contributed by atoms with E-state index < -0.39 is 6.04 Å². The average molecular weight is 269 g/mol. The van der Waals surface area contributed by atoms with Crippen LogP contribution in [0.15, 0.2) is 40.8 Å². The summed E-state index contributed by atoms with van der Waals surface area (Å²) in [6.45, 7) is 1.95. The summed E-state index contributed by atoms with van der Waals surface area (Å²) >= 11 is 0. The molecule has 0 amide bonds. The van der Waals surface area contributed by atoms with Crippen LogP contribution in [0.3, 0.4) is 0 Å². The van der Waals surface area contributed by atoms with Gasteiger partial charge in [-0.1, -0.05) is 29.8 Å². The second kappa shape index (κ2) is 4.76. The number of ketones is 1. The predicted octanol–water partition coefficient (Wildman–Crippen LogP) is 1.97. The van der Waals surface area contributed by atoms with Crippen LogP contribution in [0.25, 0.3) is 0 Å². The Hall–Kier alpha value is -2.70. The first kappa shape index (κ1) is 12.3. The number of hydrogen-bond donors (Lipinski definition) is 0. The van der Waals surface area contributed by atoms with E-state index in [9.17, 15) is 9.59 Å². The van der Waals surface area contributed by atoms with Gasteiger partial charge < -0.3 is 0 Å². The molecular formula is C13H11N5O2. The fourth-order valence-electron chi connectivity index (χ4n) is 1.94. The Kier molecular flexibility index (Phi) is 2.94.